The molecule has 1 atom stereocenters. The van der Waals surface area contributed by atoms with E-state index in [2.05, 4.69) is 4.98 Å². The number of fused-ring (bicyclic) bond motifs is 1. The van der Waals surface area contributed by atoms with Gasteiger partial charge < -0.3 is 23.9 Å². The summed E-state index contributed by atoms with van der Waals surface area (Å²) < 4.78 is 20.7. The van der Waals surface area contributed by atoms with Crippen LogP contribution in [0.25, 0.3) is 10.9 Å². The van der Waals surface area contributed by atoms with Crippen molar-refractivity contribution in [2.45, 2.75) is 13.0 Å². The number of aromatic nitrogens is 1. The van der Waals surface area contributed by atoms with Crippen LogP contribution in [-0.4, -0.2) is 43.4 Å². The van der Waals surface area contributed by atoms with Crippen molar-refractivity contribution in [1.29, 1.82) is 0 Å². The Bertz CT molecular complexity index is 703. The fourth-order valence-corrected chi connectivity index (χ4v) is 2.11. The number of hydrogen-bond acceptors (Lipinski definition) is 6. The third-order valence-corrected chi connectivity index (χ3v) is 3.21. The highest BCUT2D eigenvalue weighted by Gasteiger charge is 2.24. The van der Waals surface area contributed by atoms with E-state index in [1.54, 1.807) is 25.1 Å². The second kappa shape index (κ2) is 6.07. The highest BCUT2D eigenvalue weighted by molar-refractivity contribution is 5.98. The molecule has 0 aliphatic carbocycles. The Morgan fingerprint density at radius 1 is 1.50 bits per heavy atom. The van der Waals surface area contributed by atoms with E-state index in [4.69, 9.17) is 18.9 Å². The molecule has 0 saturated carbocycles. The van der Waals surface area contributed by atoms with E-state index in [1.807, 2.05) is 0 Å². The Labute approximate surface area is 126 Å². The molecular weight excluding hydrogens is 290 g/mol. The molecule has 2 aromatic rings. The molecule has 0 radical (unpaired) electrons. The predicted octanol–water partition coefficient (Wildman–Crippen LogP) is 1.66. The maximum atomic E-state index is 11.8. The molecule has 116 valence electrons. The van der Waals surface area contributed by atoms with Gasteiger partial charge in [-0.1, -0.05) is 0 Å². The summed E-state index contributed by atoms with van der Waals surface area (Å²) in [6, 6.07) is 5.00. The maximum Gasteiger partial charge on any atom is 0.354 e. The number of aromatic amines is 1. The van der Waals surface area contributed by atoms with Crippen molar-refractivity contribution in [2.24, 2.45) is 0 Å². The summed E-state index contributed by atoms with van der Waals surface area (Å²) >= 11 is 0. The summed E-state index contributed by atoms with van der Waals surface area (Å²) in [4.78, 5) is 25.5. The van der Waals surface area contributed by atoms with Gasteiger partial charge in [-0.05, 0) is 25.1 Å². The molecule has 1 aliphatic heterocycles. The number of H-pyrrole nitrogens is 1. The van der Waals surface area contributed by atoms with E-state index < -0.39 is 5.97 Å². The number of carbonyl (C=O) groups excluding carboxylic acids is 2. The van der Waals surface area contributed by atoms with Crippen molar-refractivity contribution in [2.75, 3.05) is 19.8 Å². The first-order valence-corrected chi connectivity index (χ1v) is 6.90. The molecule has 7 nitrogen and oxygen atoms in total. The summed E-state index contributed by atoms with van der Waals surface area (Å²) in [5.41, 5.74) is 0.935. The summed E-state index contributed by atoms with van der Waals surface area (Å²) in [6.45, 7) is 3.39. The number of carbonyl (C=O) groups is 2. The molecule has 1 saturated heterocycles. The quantitative estimate of drug-likeness (QED) is 0.475. The summed E-state index contributed by atoms with van der Waals surface area (Å²) in [5, 5.41) is 0.573. The number of hydrogen-bond donors (Lipinski definition) is 1. The van der Waals surface area contributed by atoms with Crippen molar-refractivity contribution in [3.63, 3.8) is 0 Å². The van der Waals surface area contributed by atoms with Gasteiger partial charge in [-0.15, -0.1) is 0 Å². The normalized spacial score (nSPS) is 16.3. The van der Waals surface area contributed by atoms with E-state index in [9.17, 15) is 9.59 Å². The van der Waals surface area contributed by atoms with Gasteiger partial charge in [-0.2, -0.15) is 0 Å². The Morgan fingerprint density at radius 2 is 2.32 bits per heavy atom. The second-order valence-corrected chi connectivity index (χ2v) is 4.74. The molecule has 1 aromatic carbocycles. The van der Waals surface area contributed by atoms with Gasteiger partial charge in [0.05, 0.1) is 18.7 Å². The molecule has 1 fully saturated rings. The smallest absolute Gasteiger partial charge is 0.354 e. The number of rotatable bonds is 7. The van der Waals surface area contributed by atoms with Crippen LogP contribution in [0.3, 0.4) is 0 Å². The lowest BCUT2D eigenvalue weighted by molar-refractivity contribution is -0.120. The van der Waals surface area contributed by atoms with Crippen LogP contribution in [-0.2, 0) is 14.3 Å². The lowest BCUT2D eigenvalue weighted by Gasteiger charge is -2.09. The Kier molecular flexibility index (Phi) is 3.97. The minimum absolute atomic E-state index is 0.0843. The molecular formula is C15H15NO6. The lowest BCUT2D eigenvalue weighted by atomic mass is 10.2. The van der Waals surface area contributed by atoms with Crippen LogP contribution in [0.1, 0.15) is 17.4 Å². The van der Waals surface area contributed by atoms with Gasteiger partial charge in [0.15, 0.2) is 11.5 Å². The first-order chi connectivity index (χ1) is 10.7. The van der Waals surface area contributed by atoms with E-state index >= 15 is 0 Å². The van der Waals surface area contributed by atoms with Crippen LogP contribution in [0, 0.1) is 0 Å². The molecule has 2 heterocycles. The third-order valence-electron chi connectivity index (χ3n) is 3.21. The minimum atomic E-state index is -0.468. The molecule has 7 heteroatoms. The van der Waals surface area contributed by atoms with E-state index in [0.29, 0.717) is 36.3 Å². The molecule has 0 bridgehead atoms. The Balaban J connectivity index is 1.95. The van der Waals surface area contributed by atoms with Crippen molar-refractivity contribution < 1.29 is 28.5 Å². The van der Waals surface area contributed by atoms with E-state index in [-0.39, 0.29) is 24.2 Å². The zero-order valence-electron chi connectivity index (χ0n) is 12.0. The van der Waals surface area contributed by atoms with Crippen LogP contribution in [0.15, 0.2) is 18.2 Å². The van der Waals surface area contributed by atoms with Crippen LogP contribution in [0.5, 0.6) is 11.5 Å². The SMILES string of the molecule is CCOC(=O)c1cc2c(OC=O)c(OCC3CO3)ccc2[nH]1. The van der Waals surface area contributed by atoms with Crippen LogP contribution >= 0.6 is 0 Å². The molecule has 1 N–H and O–H groups in total. The van der Waals surface area contributed by atoms with Crippen molar-refractivity contribution >= 4 is 23.3 Å². The van der Waals surface area contributed by atoms with E-state index in [0.717, 1.165) is 0 Å². The standard InChI is InChI=1S/C15H15NO6/c1-2-19-15(18)12-5-10-11(16-12)3-4-13(14(10)22-8-17)21-7-9-6-20-9/h3-5,8-9,16H,2,6-7H2,1H3. The lowest BCUT2D eigenvalue weighted by Crippen LogP contribution is -2.05. The highest BCUT2D eigenvalue weighted by Crippen LogP contribution is 2.36. The minimum Gasteiger partial charge on any atom is -0.487 e. The fraction of sp³-hybridized carbons (Fsp3) is 0.333. The van der Waals surface area contributed by atoms with Gasteiger partial charge in [0.1, 0.15) is 18.4 Å². The van der Waals surface area contributed by atoms with Gasteiger partial charge in [0.2, 0.25) is 0 Å². The molecule has 1 aliphatic rings. The average Bonchev–Trinajstić information content (AvgIpc) is 3.23. The summed E-state index contributed by atoms with van der Waals surface area (Å²) in [6.07, 6.45) is 0.0843. The topological polar surface area (TPSA) is 90.2 Å². The number of nitrogens with one attached hydrogen (secondary N) is 1. The number of epoxide rings is 1. The molecule has 22 heavy (non-hydrogen) atoms. The summed E-state index contributed by atoms with van der Waals surface area (Å²) in [7, 11) is 0. The Morgan fingerprint density at radius 3 is 3.00 bits per heavy atom. The van der Waals surface area contributed by atoms with Crippen LogP contribution < -0.4 is 9.47 Å². The molecule has 3 rings (SSSR count). The first kappa shape index (κ1) is 14.4. The van der Waals surface area contributed by atoms with Crippen molar-refractivity contribution in [3.8, 4) is 11.5 Å². The maximum absolute atomic E-state index is 11.8. The zero-order chi connectivity index (χ0) is 15.5. The monoisotopic (exact) mass is 305 g/mol. The van der Waals surface area contributed by atoms with Gasteiger partial charge >= 0.3 is 5.97 Å². The average molecular weight is 305 g/mol. The number of benzene rings is 1. The molecule has 1 unspecified atom stereocenters. The zero-order valence-corrected chi connectivity index (χ0v) is 12.0. The first-order valence-electron chi connectivity index (χ1n) is 6.90. The summed E-state index contributed by atoms with van der Waals surface area (Å²) in [5.74, 6) is 0.217. The van der Waals surface area contributed by atoms with Crippen molar-refractivity contribution in [3.05, 3.63) is 23.9 Å². The van der Waals surface area contributed by atoms with Crippen LogP contribution in [0.4, 0.5) is 0 Å². The molecule has 0 amide bonds. The van der Waals surface area contributed by atoms with Crippen molar-refractivity contribution in [1.82, 2.24) is 4.98 Å². The van der Waals surface area contributed by atoms with Gasteiger partial charge in [0.25, 0.3) is 6.47 Å². The fourth-order valence-electron chi connectivity index (χ4n) is 2.11. The predicted molar refractivity (Wildman–Crippen MR) is 76.2 cm³/mol. The van der Waals surface area contributed by atoms with Gasteiger partial charge in [-0.25, -0.2) is 4.79 Å². The molecule has 1 aromatic heterocycles. The molecule has 0 spiro atoms. The largest absolute Gasteiger partial charge is 0.487 e. The van der Waals surface area contributed by atoms with Gasteiger partial charge in [-0.3, -0.25) is 4.79 Å². The van der Waals surface area contributed by atoms with E-state index in [1.165, 1.54) is 0 Å². The highest BCUT2D eigenvalue weighted by atomic mass is 16.6. The van der Waals surface area contributed by atoms with Gasteiger partial charge in [0, 0.05) is 5.39 Å². The Hall–Kier alpha value is -2.54. The third kappa shape index (κ3) is 2.89. The van der Waals surface area contributed by atoms with Crippen LogP contribution in [0.2, 0.25) is 0 Å². The number of ether oxygens (including phenoxy) is 4. The number of esters is 1. The second-order valence-electron chi connectivity index (χ2n) is 4.74.